The van der Waals surface area contributed by atoms with E-state index in [0.29, 0.717) is 11.3 Å². The lowest BCUT2D eigenvalue weighted by Crippen LogP contribution is -2.32. The molecule has 0 saturated heterocycles. The molecule has 0 bridgehead atoms. The van der Waals surface area contributed by atoms with Gasteiger partial charge in [-0.1, -0.05) is 41.5 Å². The number of hydrogen-bond donors (Lipinski definition) is 1. The maximum Gasteiger partial charge on any atom is 0.278 e. The summed E-state index contributed by atoms with van der Waals surface area (Å²) in [6.07, 6.45) is 3.31. The number of aromatic nitrogens is 1. The highest BCUT2D eigenvalue weighted by Crippen LogP contribution is 2.33. The normalized spacial score (nSPS) is 13.9. The van der Waals surface area contributed by atoms with Crippen LogP contribution in [0.3, 0.4) is 0 Å². The van der Waals surface area contributed by atoms with Crippen molar-refractivity contribution in [3.8, 4) is 0 Å². The van der Waals surface area contributed by atoms with E-state index in [-0.39, 0.29) is 18.4 Å². The van der Waals surface area contributed by atoms with Crippen LogP contribution in [0.25, 0.3) is 5.57 Å². The van der Waals surface area contributed by atoms with Gasteiger partial charge in [0, 0.05) is 18.1 Å². The standard InChI is InChI=1S/C25H23N3O2/c1-16-4-7-20(8-5-16)27-23-22(21-9-6-17(2)14-18(21)3)24(29)28(25(23)30)15-19-10-12-26-13-11-19/h4-14,27H,15H2,1-3H3. The molecule has 2 amide bonds. The molecule has 5 nitrogen and oxygen atoms in total. The molecule has 1 aromatic heterocycles. The van der Waals surface area contributed by atoms with Gasteiger partial charge in [-0.3, -0.25) is 19.5 Å². The van der Waals surface area contributed by atoms with Gasteiger partial charge in [0.2, 0.25) is 0 Å². The maximum absolute atomic E-state index is 13.4. The Bertz CT molecular complexity index is 1150. The Morgan fingerprint density at radius 3 is 2.17 bits per heavy atom. The number of imide groups is 1. The molecule has 0 unspecified atom stereocenters. The molecule has 2 aromatic carbocycles. The summed E-state index contributed by atoms with van der Waals surface area (Å²) in [6, 6.07) is 17.3. The third-order valence-corrected chi connectivity index (χ3v) is 5.23. The molecule has 1 aliphatic heterocycles. The number of benzene rings is 2. The van der Waals surface area contributed by atoms with Gasteiger partial charge >= 0.3 is 0 Å². The number of pyridine rings is 1. The molecule has 1 aliphatic rings. The van der Waals surface area contributed by atoms with Crippen molar-refractivity contribution in [2.75, 3.05) is 5.32 Å². The second kappa shape index (κ2) is 7.95. The van der Waals surface area contributed by atoms with Crippen LogP contribution < -0.4 is 5.32 Å². The van der Waals surface area contributed by atoms with Crippen molar-refractivity contribution in [2.45, 2.75) is 27.3 Å². The highest BCUT2D eigenvalue weighted by Gasteiger charge is 2.39. The van der Waals surface area contributed by atoms with Crippen molar-refractivity contribution in [1.82, 2.24) is 9.88 Å². The number of carbonyl (C=O) groups excluding carboxylic acids is 2. The number of aryl methyl sites for hydroxylation is 3. The van der Waals surface area contributed by atoms with Gasteiger partial charge in [-0.25, -0.2) is 0 Å². The van der Waals surface area contributed by atoms with Crippen LogP contribution in [0.15, 0.2) is 72.7 Å². The van der Waals surface area contributed by atoms with Crippen LogP contribution in [-0.4, -0.2) is 21.7 Å². The fourth-order valence-corrected chi connectivity index (χ4v) is 3.63. The smallest absolute Gasteiger partial charge is 0.278 e. The average molecular weight is 397 g/mol. The van der Waals surface area contributed by atoms with Crippen LogP contribution in [-0.2, 0) is 16.1 Å². The second-order valence-electron chi connectivity index (χ2n) is 7.61. The molecule has 1 N–H and O–H groups in total. The Morgan fingerprint density at radius 1 is 0.833 bits per heavy atom. The summed E-state index contributed by atoms with van der Waals surface area (Å²) < 4.78 is 0. The first-order valence-corrected chi connectivity index (χ1v) is 9.85. The van der Waals surface area contributed by atoms with E-state index in [4.69, 9.17) is 0 Å². The third kappa shape index (κ3) is 3.74. The Hall–Kier alpha value is -3.73. The van der Waals surface area contributed by atoms with E-state index in [9.17, 15) is 9.59 Å². The highest BCUT2D eigenvalue weighted by atomic mass is 16.2. The van der Waals surface area contributed by atoms with E-state index in [1.54, 1.807) is 12.4 Å². The molecule has 0 radical (unpaired) electrons. The lowest BCUT2D eigenvalue weighted by Gasteiger charge is -2.15. The molecular weight excluding hydrogens is 374 g/mol. The second-order valence-corrected chi connectivity index (χ2v) is 7.61. The maximum atomic E-state index is 13.4. The van der Waals surface area contributed by atoms with Crippen molar-refractivity contribution in [3.63, 3.8) is 0 Å². The van der Waals surface area contributed by atoms with Crippen molar-refractivity contribution in [3.05, 3.63) is 101 Å². The van der Waals surface area contributed by atoms with Gasteiger partial charge in [0.25, 0.3) is 11.8 Å². The van der Waals surface area contributed by atoms with E-state index in [2.05, 4.69) is 10.3 Å². The first kappa shape index (κ1) is 19.6. The molecule has 30 heavy (non-hydrogen) atoms. The van der Waals surface area contributed by atoms with Gasteiger partial charge in [0.1, 0.15) is 5.70 Å². The molecule has 5 heteroatoms. The van der Waals surface area contributed by atoms with Crippen molar-refractivity contribution in [2.24, 2.45) is 0 Å². The van der Waals surface area contributed by atoms with Crippen molar-refractivity contribution >= 4 is 23.1 Å². The number of hydrogen-bond acceptors (Lipinski definition) is 4. The molecule has 2 heterocycles. The predicted molar refractivity (Wildman–Crippen MR) is 117 cm³/mol. The Balaban J connectivity index is 1.78. The fraction of sp³-hybridized carbons (Fsp3) is 0.160. The molecule has 3 aromatic rings. The number of amides is 2. The Kier molecular flexibility index (Phi) is 5.19. The highest BCUT2D eigenvalue weighted by molar-refractivity contribution is 6.36. The minimum atomic E-state index is -0.327. The zero-order valence-corrected chi connectivity index (χ0v) is 17.3. The number of carbonyl (C=O) groups is 2. The number of nitrogens with one attached hydrogen (secondary N) is 1. The topological polar surface area (TPSA) is 62.3 Å². The monoisotopic (exact) mass is 397 g/mol. The summed E-state index contributed by atoms with van der Waals surface area (Å²) in [5.41, 5.74) is 6.29. The lowest BCUT2D eigenvalue weighted by molar-refractivity contribution is -0.137. The van der Waals surface area contributed by atoms with E-state index in [0.717, 1.165) is 33.5 Å². The predicted octanol–water partition coefficient (Wildman–Crippen LogP) is 4.40. The van der Waals surface area contributed by atoms with E-state index in [1.807, 2.05) is 75.4 Å². The fourth-order valence-electron chi connectivity index (χ4n) is 3.63. The summed E-state index contributed by atoms with van der Waals surface area (Å²) in [4.78, 5) is 32.0. The van der Waals surface area contributed by atoms with E-state index >= 15 is 0 Å². The number of nitrogens with zero attached hydrogens (tertiary/aromatic N) is 2. The zero-order chi connectivity index (χ0) is 21.3. The van der Waals surface area contributed by atoms with Crippen molar-refractivity contribution in [1.29, 1.82) is 0 Å². The summed E-state index contributed by atoms with van der Waals surface area (Å²) in [5.74, 6) is -0.620. The van der Waals surface area contributed by atoms with E-state index < -0.39 is 0 Å². The van der Waals surface area contributed by atoms with Crippen molar-refractivity contribution < 1.29 is 9.59 Å². The Morgan fingerprint density at radius 2 is 1.50 bits per heavy atom. The SMILES string of the molecule is Cc1ccc(NC2=C(c3ccc(C)cc3C)C(=O)N(Cc3ccncc3)C2=O)cc1. The minimum absolute atomic E-state index is 0.202. The molecule has 0 saturated carbocycles. The van der Waals surface area contributed by atoms with Crippen LogP contribution >= 0.6 is 0 Å². The average Bonchev–Trinajstić information content (AvgIpc) is 2.95. The van der Waals surface area contributed by atoms with Crippen LogP contribution in [0.1, 0.15) is 27.8 Å². The van der Waals surface area contributed by atoms with Gasteiger partial charge in [0.05, 0.1) is 12.1 Å². The molecular formula is C25H23N3O2. The number of rotatable bonds is 5. The Labute approximate surface area is 176 Å². The molecule has 4 rings (SSSR count). The van der Waals surface area contributed by atoms with Gasteiger partial charge in [-0.2, -0.15) is 0 Å². The van der Waals surface area contributed by atoms with Gasteiger partial charge in [0.15, 0.2) is 0 Å². The lowest BCUT2D eigenvalue weighted by atomic mass is 9.97. The molecule has 0 fully saturated rings. The summed E-state index contributed by atoms with van der Waals surface area (Å²) >= 11 is 0. The van der Waals surface area contributed by atoms with E-state index in [1.165, 1.54) is 4.90 Å². The first-order valence-electron chi connectivity index (χ1n) is 9.85. The summed E-state index contributed by atoms with van der Waals surface area (Å²) in [5, 5.41) is 3.21. The number of anilines is 1. The summed E-state index contributed by atoms with van der Waals surface area (Å²) in [7, 11) is 0. The first-order chi connectivity index (χ1) is 14.4. The quantitative estimate of drug-likeness (QED) is 0.648. The van der Waals surface area contributed by atoms with Gasteiger partial charge in [-0.15, -0.1) is 0 Å². The van der Waals surface area contributed by atoms with Crippen LogP contribution in [0.2, 0.25) is 0 Å². The van der Waals surface area contributed by atoms with Gasteiger partial charge in [-0.05, 0) is 61.7 Å². The molecule has 0 spiro atoms. The minimum Gasteiger partial charge on any atom is -0.350 e. The largest absolute Gasteiger partial charge is 0.350 e. The van der Waals surface area contributed by atoms with Crippen LogP contribution in [0, 0.1) is 20.8 Å². The van der Waals surface area contributed by atoms with Crippen LogP contribution in [0.5, 0.6) is 0 Å². The zero-order valence-electron chi connectivity index (χ0n) is 17.3. The molecule has 0 atom stereocenters. The third-order valence-electron chi connectivity index (χ3n) is 5.23. The summed E-state index contributed by atoms with van der Waals surface area (Å²) in [6.45, 7) is 6.18. The molecule has 150 valence electrons. The van der Waals surface area contributed by atoms with Crippen LogP contribution in [0.4, 0.5) is 5.69 Å². The molecule has 0 aliphatic carbocycles. The van der Waals surface area contributed by atoms with Gasteiger partial charge < -0.3 is 5.32 Å².